The molecule has 0 radical (unpaired) electrons. The summed E-state index contributed by atoms with van der Waals surface area (Å²) >= 11 is 1.68. The Morgan fingerprint density at radius 3 is 2.82 bits per heavy atom. The van der Waals surface area contributed by atoms with Gasteiger partial charge in [0.25, 0.3) is 0 Å². The van der Waals surface area contributed by atoms with Crippen molar-refractivity contribution in [3.63, 3.8) is 0 Å². The maximum Gasteiger partial charge on any atom is 0.154 e. The van der Waals surface area contributed by atoms with Crippen LogP contribution in [-0.4, -0.2) is 26.0 Å². The van der Waals surface area contributed by atoms with Crippen LogP contribution in [0.15, 0.2) is 17.5 Å². The molecule has 1 aromatic heterocycles. The molecule has 98 valence electrons. The summed E-state index contributed by atoms with van der Waals surface area (Å²) in [5, 5.41) is 4.93. The number of nitrogens with one attached hydrogen (secondary N) is 1. The first-order valence-electron chi connectivity index (χ1n) is 6.01. The minimum absolute atomic E-state index is 0.297. The van der Waals surface area contributed by atoms with E-state index < -0.39 is 9.84 Å². The Bertz CT molecular complexity index is 398. The Balaban J connectivity index is 2.31. The molecule has 1 N–H and O–H groups in total. The SMILES string of the molecule is CCCCS(=O)(=O)C(C)CNCc1cccs1. The molecule has 0 aromatic carbocycles. The second kappa shape index (κ2) is 7.13. The molecule has 1 rings (SSSR count). The zero-order valence-corrected chi connectivity index (χ0v) is 12.1. The molecule has 0 saturated heterocycles. The Hall–Kier alpha value is -0.390. The van der Waals surface area contributed by atoms with Crippen molar-refractivity contribution in [2.45, 2.75) is 38.5 Å². The first-order valence-corrected chi connectivity index (χ1v) is 8.60. The van der Waals surface area contributed by atoms with Gasteiger partial charge in [0.05, 0.1) is 11.0 Å². The highest BCUT2D eigenvalue weighted by Crippen LogP contribution is 2.08. The van der Waals surface area contributed by atoms with Crippen molar-refractivity contribution in [3.8, 4) is 0 Å². The Kier molecular flexibility index (Phi) is 6.16. The summed E-state index contributed by atoms with van der Waals surface area (Å²) in [6.07, 6.45) is 1.69. The van der Waals surface area contributed by atoms with E-state index in [9.17, 15) is 8.42 Å². The van der Waals surface area contributed by atoms with Crippen molar-refractivity contribution >= 4 is 21.2 Å². The van der Waals surface area contributed by atoms with E-state index in [1.807, 2.05) is 24.4 Å². The van der Waals surface area contributed by atoms with Crippen molar-refractivity contribution in [1.82, 2.24) is 5.32 Å². The van der Waals surface area contributed by atoms with Crippen molar-refractivity contribution in [3.05, 3.63) is 22.4 Å². The van der Waals surface area contributed by atoms with Gasteiger partial charge in [0, 0.05) is 18.0 Å². The van der Waals surface area contributed by atoms with Crippen LogP contribution >= 0.6 is 11.3 Å². The van der Waals surface area contributed by atoms with E-state index in [0.717, 1.165) is 19.4 Å². The van der Waals surface area contributed by atoms with Gasteiger partial charge < -0.3 is 5.32 Å². The molecule has 1 aromatic rings. The third-order valence-electron chi connectivity index (χ3n) is 2.71. The molecule has 0 amide bonds. The molecule has 0 saturated carbocycles. The van der Waals surface area contributed by atoms with E-state index >= 15 is 0 Å². The number of thiophene rings is 1. The molecule has 1 atom stereocenters. The molecular weight excluding hydrogens is 254 g/mol. The molecule has 0 fully saturated rings. The fourth-order valence-electron chi connectivity index (χ4n) is 1.49. The van der Waals surface area contributed by atoms with Gasteiger partial charge in [-0.1, -0.05) is 19.4 Å². The molecule has 5 heteroatoms. The first kappa shape index (κ1) is 14.7. The fourth-order valence-corrected chi connectivity index (χ4v) is 3.63. The predicted molar refractivity (Wildman–Crippen MR) is 74.2 cm³/mol. The highest BCUT2D eigenvalue weighted by molar-refractivity contribution is 7.92. The van der Waals surface area contributed by atoms with E-state index in [4.69, 9.17) is 0 Å². The summed E-state index contributed by atoms with van der Waals surface area (Å²) < 4.78 is 23.7. The lowest BCUT2D eigenvalue weighted by Crippen LogP contribution is -2.32. The highest BCUT2D eigenvalue weighted by atomic mass is 32.2. The molecule has 0 aliphatic carbocycles. The van der Waals surface area contributed by atoms with Crippen molar-refractivity contribution in [2.24, 2.45) is 0 Å². The van der Waals surface area contributed by atoms with Crippen molar-refractivity contribution in [1.29, 1.82) is 0 Å². The van der Waals surface area contributed by atoms with Gasteiger partial charge in [0.15, 0.2) is 9.84 Å². The van der Waals surface area contributed by atoms with E-state index in [2.05, 4.69) is 5.32 Å². The van der Waals surface area contributed by atoms with E-state index in [-0.39, 0.29) is 5.25 Å². The number of rotatable bonds is 8. The normalized spacial score (nSPS) is 13.8. The van der Waals surface area contributed by atoms with E-state index in [1.54, 1.807) is 18.3 Å². The van der Waals surface area contributed by atoms with Crippen LogP contribution in [0.5, 0.6) is 0 Å². The second-order valence-electron chi connectivity index (χ2n) is 4.24. The molecule has 0 spiro atoms. The van der Waals surface area contributed by atoms with Crippen LogP contribution in [0, 0.1) is 0 Å². The Labute approximate surface area is 108 Å². The quantitative estimate of drug-likeness (QED) is 0.792. The summed E-state index contributed by atoms with van der Waals surface area (Å²) in [6.45, 7) is 5.08. The highest BCUT2D eigenvalue weighted by Gasteiger charge is 2.19. The summed E-state index contributed by atoms with van der Waals surface area (Å²) in [5.41, 5.74) is 0. The van der Waals surface area contributed by atoms with Gasteiger partial charge >= 0.3 is 0 Å². The summed E-state index contributed by atoms with van der Waals surface area (Å²) in [5.74, 6) is 0.311. The molecule has 17 heavy (non-hydrogen) atoms. The maximum atomic E-state index is 11.8. The standard InChI is InChI=1S/C12H21NO2S2/c1-3-4-8-17(14,15)11(2)9-13-10-12-6-5-7-16-12/h5-7,11,13H,3-4,8-10H2,1-2H3. The van der Waals surface area contributed by atoms with Crippen LogP contribution < -0.4 is 5.32 Å². The molecule has 0 aliphatic heterocycles. The number of hydrogen-bond donors (Lipinski definition) is 1. The van der Waals surface area contributed by atoms with Crippen LogP contribution in [0.1, 0.15) is 31.6 Å². The monoisotopic (exact) mass is 275 g/mol. The fraction of sp³-hybridized carbons (Fsp3) is 0.667. The zero-order valence-electron chi connectivity index (χ0n) is 10.5. The molecule has 0 bridgehead atoms. The smallest absolute Gasteiger partial charge is 0.154 e. The molecule has 1 heterocycles. The maximum absolute atomic E-state index is 11.8. The second-order valence-corrected chi connectivity index (χ2v) is 7.81. The van der Waals surface area contributed by atoms with Crippen LogP contribution in [0.4, 0.5) is 0 Å². The summed E-state index contributed by atoms with van der Waals surface area (Å²) in [4.78, 5) is 1.24. The number of hydrogen-bond acceptors (Lipinski definition) is 4. The van der Waals surface area contributed by atoms with Crippen molar-refractivity contribution < 1.29 is 8.42 Å². The lowest BCUT2D eigenvalue weighted by atomic mass is 10.4. The zero-order chi connectivity index (χ0) is 12.7. The number of sulfone groups is 1. The van der Waals surface area contributed by atoms with Gasteiger partial charge in [-0.15, -0.1) is 11.3 Å². The van der Waals surface area contributed by atoms with Crippen LogP contribution in [0.25, 0.3) is 0 Å². The largest absolute Gasteiger partial charge is 0.311 e. The third-order valence-corrected chi connectivity index (χ3v) is 5.83. The molecule has 0 aliphatic rings. The van der Waals surface area contributed by atoms with Gasteiger partial charge in [0.1, 0.15) is 0 Å². The summed E-state index contributed by atoms with van der Waals surface area (Å²) in [7, 11) is -2.92. The van der Waals surface area contributed by atoms with E-state index in [0.29, 0.717) is 12.3 Å². The molecular formula is C12H21NO2S2. The van der Waals surface area contributed by atoms with Crippen LogP contribution in [0.2, 0.25) is 0 Å². The van der Waals surface area contributed by atoms with Crippen molar-refractivity contribution in [2.75, 3.05) is 12.3 Å². The van der Waals surface area contributed by atoms with Gasteiger partial charge in [-0.25, -0.2) is 8.42 Å². The summed E-state index contributed by atoms with van der Waals surface area (Å²) in [6, 6.07) is 4.05. The average Bonchev–Trinajstić information content (AvgIpc) is 2.79. The lowest BCUT2D eigenvalue weighted by molar-refractivity contribution is 0.569. The third kappa shape index (κ3) is 5.19. The Morgan fingerprint density at radius 1 is 1.47 bits per heavy atom. The van der Waals surface area contributed by atoms with E-state index in [1.165, 1.54) is 4.88 Å². The van der Waals surface area contributed by atoms with Gasteiger partial charge in [0.2, 0.25) is 0 Å². The first-order chi connectivity index (χ1) is 8.06. The van der Waals surface area contributed by atoms with Gasteiger partial charge in [-0.2, -0.15) is 0 Å². The minimum atomic E-state index is -2.92. The van der Waals surface area contributed by atoms with Crippen LogP contribution in [0.3, 0.4) is 0 Å². The number of unbranched alkanes of at least 4 members (excludes halogenated alkanes) is 1. The molecule has 3 nitrogen and oxygen atoms in total. The predicted octanol–water partition coefficient (Wildman–Crippen LogP) is 2.44. The average molecular weight is 275 g/mol. The Morgan fingerprint density at radius 2 is 2.24 bits per heavy atom. The van der Waals surface area contributed by atoms with Gasteiger partial charge in [-0.3, -0.25) is 0 Å². The van der Waals surface area contributed by atoms with Crippen LogP contribution in [-0.2, 0) is 16.4 Å². The molecule has 1 unspecified atom stereocenters. The topological polar surface area (TPSA) is 46.2 Å². The minimum Gasteiger partial charge on any atom is -0.311 e. The lowest BCUT2D eigenvalue weighted by Gasteiger charge is -2.13. The van der Waals surface area contributed by atoms with Gasteiger partial charge in [-0.05, 0) is 24.8 Å².